The summed E-state index contributed by atoms with van der Waals surface area (Å²) in [4.78, 5) is 11.7. The van der Waals surface area contributed by atoms with Gasteiger partial charge in [0.2, 0.25) is 5.91 Å². The number of aromatic nitrogens is 3. The number of carbonyl (C=O) groups excluding carboxylic acids is 1. The maximum Gasteiger partial charge on any atom is 0.226 e. The molecule has 0 saturated carbocycles. The van der Waals surface area contributed by atoms with E-state index in [1.54, 1.807) is 13.0 Å². The van der Waals surface area contributed by atoms with Crippen LogP contribution in [0.3, 0.4) is 0 Å². The number of aryl methyl sites for hydroxylation is 2. The second-order valence-corrected chi connectivity index (χ2v) is 5.22. The van der Waals surface area contributed by atoms with Crippen molar-refractivity contribution in [3.8, 4) is 0 Å². The summed E-state index contributed by atoms with van der Waals surface area (Å²) in [6.07, 6.45) is 4.21. The first-order valence-corrected chi connectivity index (χ1v) is 6.98. The molecule has 1 atom stereocenters. The van der Waals surface area contributed by atoms with E-state index in [0.29, 0.717) is 24.5 Å². The molecule has 0 aliphatic carbocycles. The number of hydrogen-bond acceptors (Lipinski definition) is 5. The van der Waals surface area contributed by atoms with Crippen LogP contribution in [0.5, 0.6) is 0 Å². The van der Waals surface area contributed by atoms with Crippen molar-refractivity contribution >= 4 is 11.7 Å². The molecule has 0 aliphatic rings. The van der Waals surface area contributed by atoms with Gasteiger partial charge in [-0.15, -0.1) is 0 Å². The first-order valence-electron chi connectivity index (χ1n) is 6.98. The van der Waals surface area contributed by atoms with Gasteiger partial charge in [-0.25, -0.2) is 0 Å². The van der Waals surface area contributed by atoms with Crippen molar-refractivity contribution in [3.05, 3.63) is 29.8 Å². The molecule has 21 heavy (non-hydrogen) atoms. The lowest BCUT2D eigenvalue weighted by molar-refractivity contribution is -0.116. The third kappa shape index (κ3) is 5.03. The van der Waals surface area contributed by atoms with Crippen molar-refractivity contribution in [3.63, 3.8) is 0 Å². The molecular weight excluding hydrogens is 270 g/mol. The van der Waals surface area contributed by atoms with E-state index in [4.69, 9.17) is 4.52 Å². The molecule has 0 saturated heterocycles. The van der Waals surface area contributed by atoms with Crippen molar-refractivity contribution < 1.29 is 9.32 Å². The molecule has 0 spiro atoms. The topological polar surface area (TPSA) is 85.0 Å². The van der Waals surface area contributed by atoms with E-state index < -0.39 is 0 Å². The predicted molar refractivity (Wildman–Crippen MR) is 78.9 cm³/mol. The van der Waals surface area contributed by atoms with Crippen LogP contribution in [0, 0.1) is 13.8 Å². The van der Waals surface area contributed by atoms with Crippen LogP contribution in [0.15, 0.2) is 23.0 Å². The smallest absolute Gasteiger partial charge is 0.226 e. The molecule has 114 valence electrons. The Labute approximate surface area is 123 Å². The van der Waals surface area contributed by atoms with Gasteiger partial charge in [0.1, 0.15) is 5.76 Å². The molecule has 0 aliphatic heterocycles. The number of carbonyl (C=O) groups is 1. The summed E-state index contributed by atoms with van der Waals surface area (Å²) < 4.78 is 6.78. The summed E-state index contributed by atoms with van der Waals surface area (Å²) in [6.45, 7) is 7.23. The molecule has 0 fully saturated rings. The highest BCUT2D eigenvalue weighted by Gasteiger charge is 2.08. The highest BCUT2D eigenvalue weighted by Crippen LogP contribution is 2.07. The predicted octanol–water partition coefficient (Wildman–Crippen LogP) is 1.49. The molecule has 1 unspecified atom stereocenters. The molecule has 7 heteroatoms. The first kappa shape index (κ1) is 15.2. The molecule has 2 aromatic rings. The molecule has 2 rings (SSSR count). The van der Waals surface area contributed by atoms with Crippen molar-refractivity contribution in [2.24, 2.45) is 0 Å². The average Bonchev–Trinajstić information content (AvgIpc) is 2.98. The normalized spacial score (nSPS) is 12.3. The molecule has 1 amide bonds. The van der Waals surface area contributed by atoms with Crippen molar-refractivity contribution in [1.29, 1.82) is 0 Å². The molecular formula is C14H21N5O2. The minimum Gasteiger partial charge on any atom is -0.360 e. The minimum absolute atomic E-state index is 0.0852. The van der Waals surface area contributed by atoms with E-state index >= 15 is 0 Å². The summed E-state index contributed by atoms with van der Waals surface area (Å²) in [7, 11) is 0. The second-order valence-electron chi connectivity index (χ2n) is 5.22. The molecule has 2 aromatic heterocycles. The van der Waals surface area contributed by atoms with Gasteiger partial charge in [-0.2, -0.15) is 5.10 Å². The van der Waals surface area contributed by atoms with Gasteiger partial charge >= 0.3 is 0 Å². The zero-order chi connectivity index (χ0) is 15.2. The van der Waals surface area contributed by atoms with E-state index in [-0.39, 0.29) is 11.9 Å². The standard InChI is InChI=1S/C14H21N5O2/c1-10-7-16-19(8-10)9-11(2)15-5-4-14(20)17-13-6-12(3)21-18-13/h6-8,11,15H,4-5,9H2,1-3H3,(H,17,18,20). The number of nitrogens with zero attached hydrogens (tertiary/aromatic N) is 3. The van der Waals surface area contributed by atoms with Gasteiger partial charge < -0.3 is 15.2 Å². The maximum atomic E-state index is 11.7. The Hall–Kier alpha value is -2.15. The molecule has 7 nitrogen and oxygen atoms in total. The number of hydrogen-bond donors (Lipinski definition) is 2. The van der Waals surface area contributed by atoms with Crippen molar-refractivity contribution in [2.45, 2.75) is 39.8 Å². The van der Waals surface area contributed by atoms with Crippen LogP contribution in [-0.4, -0.2) is 33.4 Å². The SMILES string of the molecule is Cc1cnn(CC(C)NCCC(=O)Nc2cc(C)on2)c1. The fourth-order valence-electron chi connectivity index (χ4n) is 1.97. The molecule has 0 radical (unpaired) electrons. The van der Waals surface area contributed by atoms with Crippen LogP contribution >= 0.6 is 0 Å². The Kier molecular flexibility index (Phi) is 5.10. The van der Waals surface area contributed by atoms with Gasteiger partial charge in [-0.1, -0.05) is 5.16 Å². The largest absolute Gasteiger partial charge is 0.360 e. The lowest BCUT2D eigenvalue weighted by atomic mass is 10.3. The average molecular weight is 291 g/mol. The van der Waals surface area contributed by atoms with E-state index in [1.165, 1.54) is 0 Å². The van der Waals surface area contributed by atoms with Crippen LogP contribution in [0.4, 0.5) is 5.82 Å². The van der Waals surface area contributed by atoms with E-state index in [2.05, 4.69) is 27.8 Å². The Morgan fingerprint density at radius 1 is 1.48 bits per heavy atom. The Morgan fingerprint density at radius 3 is 2.90 bits per heavy atom. The summed E-state index contributed by atoms with van der Waals surface area (Å²) >= 11 is 0. The fourth-order valence-corrected chi connectivity index (χ4v) is 1.97. The van der Waals surface area contributed by atoms with Gasteiger partial charge in [0.15, 0.2) is 5.82 Å². The van der Waals surface area contributed by atoms with Gasteiger partial charge in [-0.05, 0) is 26.3 Å². The van der Waals surface area contributed by atoms with E-state index in [1.807, 2.05) is 24.0 Å². The maximum absolute atomic E-state index is 11.7. The Bertz CT molecular complexity index is 590. The van der Waals surface area contributed by atoms with Crippen LogP contribution in [0.2, 0.25) is 0 Å². The summed E-state index contributed by atoms with van der Waals surface area (Å²) in [5.74, 6) is 1.04. The van der Waals surface area contributed by atoms with Crippen LogP contribution in [0.25, 0.3) is 0 Å². The summed E-state index contributed by atoms with van der Waals surface area (Å²) in [5, 5.41) is 13.9. The highest BCUT2D eigenvalue weighted by atomic mass is 16.5. The lowest BCUT2D eigenvalue weighted by Crippen LogP contribution is -2.33. The number of anilines is 1. The van der Waals surface area contributed by atoms with Gasteiger partial charge in [0.25, 0.3) is 0 Å². The van der Waals surface area contributed by atoms with Crippen LogP contribution < -0.4 is 10.6 Å². The Morgan fingerprint density at radius 2 is 2.29 bits per heavy atom. The van der Waals surface area contributed by atoms with Crippen LogP contribution in [0.1, 0.15) is 24.7 Å². The quantitative estimate of drug-likeness (QED) is 0.807. The third-order valence-electron chi connectivity index (χ3n) is 2.96. The van der Waals surface area contributed by atoms with Gasteiger partial charge in [0, 0.05) is 31.3 Å². The van der Waals surface area contributed by atoms with Gasteiger partial charge in [0.05, 0.1) is 12.7 Å². The van der Waals surface area contributed by atoms with Crippen molar-refractivity contribution in [1.82, 2.24) is 20.3 Å². The third-order valence-corrected chi connectivity index (χ3v) is 2.96. The molecule has 0 aromatic carbocycles. The highest BCUT2D eigenvalue weighted by molar-refractivity contribution is 5.89. The fraction of sp³-hybridized carbons (Fsp3) is 0.500. The second kappa shape index (κ2) is 7.03. The summed E-state index contributed by atoms with van der Waals surface area (Å²) in [5.41, 5.74) is 1.14. The number of nitrogens with one attached hydrogen (secondary N) is 2. The first-order chi connectivity index (χ1) is 10.0. The van der Waals surface area contributed by atoms with E-state index in [9.17, 15) is 4.79 Å². The number of rotatable bonds is 7. The molecule has 2 heterocycles. The zero-order valence-electron chi connectivity index (χ0n) is 12.6. The lowest BCUT2D eigenvalue weighted by Gasteiger charge is -2.13. The van der Waals surface area contributed by atoms with Crippen molar-refractivity contribution in [2.75, 3.05) is 11.9 Å². The zero-order valence-corrected chi connectivity index (χ0v) is 12.6. The minimum atomic E-state index is -0.0852. The van der Waals surface area contributed by atoms with Gasteiger partial charge in [-0.3, -0.25) is 9.48 Å². The summed E-state index contributed by atoms with van der Waals surface area (Å²) in [6, 6.07) is 1.93. The Balaban J connectivity index is 1.65. The molecule has 2 N–H and O–H groups in total. The molecule has 0 bridgehead atoms. The van der Waals surface area contributed by atoms with Crippen LogP contribution in [-0.2, 0) is 11.3 Å². The van der Waals surface area contributed by atoms with E-state index in [0.717, 1.165) is 12.1 Å². The monoisotopic (exact) mass is 291 g/mol. The number of amides is 1.